The van der Waals surface area contributed by atoms with E-state index in [1.807, 2.05) is 0 Å². The van der Waals surface area contributed by atoms with Crippen molar-refractivity contribution in [3.05, 3.63) is 23.8 Å². The SMILES string of the molecule is O=C(I)c1cc(O)cc(NC2=NCC(O)CN2)c1. The molecule has 0 saturated carbocycles. The Morgan fingerprint density at radius 1 is 1.50 bits per heavy atom. The molecule has 0 spiro atoms. The lowest BCUT2D eigenvalue weighted by Crippen LogP contribution is -2.42. The molecule has 1 heterocycles. The fraction of sp³-hybridized carbons (Fsp3) is 0.273. The van der Waals surface area contributed by atoms with Gasteiger partial charge in [0, 0.05) is 46.5 Å². The summed E-state index contributed by atoms with van der Waals surface area (Å²) in [6.07, 6.45) is -0.480. The molecule has 6 nitrogen and oxygen atoms in total. The highest BCUT2D eigenvalue weighted by atomic mass is 127. The van der Waals surface area contributed by atoms with Gasteiger partial charge in [0.25, 0.3) is 0 Å². The first-order valence-corrected chi connectivity index (χ1v) is 6.40. The van der Waals surface area contributed by atoms with E-state index in [0.29, 0.717) is 30.3 Å². The molecule has 96 valence electrons. The Labute approximate surface area is 117 Å². The minimum atomic E-state index is -0.480. The maximum Gasteiger partial charge on any atom is 0.222 e. The van der Waals surface area contributed by atoms with Crippen molar-refractivity contribution in [2.45, 2.75) is 6.10 Å². The summed E-state index contributed by atoms with van der Waals surface area (Å²) in [4.78, 5) is 15.3. The van der Waals surface area contributed by atoms with E-state index in [2.05, 4.69) is 15.6 Å². The number of carbonyl (C=O) groups is 1. The smallest absolute Gasteiger partial charge is 0.222 e. The molecule has 18 heavy (non-hydrogen) atoms. The molecule has 1 aliphatic heterocycles. The summed E-state index contributed by atoms with van der Waals surface area (Å²) < 4.78 is -0.152. The summed E-state index contributed by atoms with van der Waals surface area (Å²) in [5, 5.41) is 24.6. The second-order valence-corrected chi connectivity index (χ2v) is 4.87. The number of halogens is 1. The standard InChI is InChI=1S/C11H12IN3O3/c12-10(18)6-1-7(3-8(16)2-6)15-11-13-4-9(17)5-14-11/h1-3,9,16-17H,4-5H2,(H2,13,14,15). The highest BCUT2D eigenvalue weighted by Gasteiger charge is 2.12. The summed E-state index contributed by atoms with van der Waals surface area (Å²) in [5.41, 5.74) is 0.979. The maximum atomic E-state index is 11.3. The molecule has 0 amide bonds. The van der Waals surface area contributed by atoms with Crippen LogP contribution in [-0.4, -0.2) is 39.2 Å². The Morgan fingerprint density at radius 3 is 2.89 bits per heavy atom. The number of guanidine groups is 1. The highest BCUT2D eigenvalue weighted by Crippen LogP contribution is 2.21. The Hall–Kier alpha value is -1.35. The lowest BCUT2D eigenvalue weighted by molar-refractivity contribution is 0.110. The van der Waals surface area contributed by atoms with E-state index < -0.39 is 6.10 Å². The van der Waals surface area contributed by atoms with Crippen molar-refractivity contribution in [3.8, 4) is 5.75 Å². The zero-order valence-electron chi connectivity index (χ0n) is 9.35. The van der Waals surface area contributed by atoms with Crippen LogP contribution in [0, 0.1) is 0 Å². The van der Waals surface area contributed by atoms with Gasteiger partial charge in [0.05, 0.1) is 12.6 Å². The second kappa shape index (κ2) is 5.53. The molecule has 0 radical (unpaired) electrons. The number of nitrogens with zero attached hydrogens (tertiary/aromatic N) is 1. The third-order valence-corrected chi connectivity index (χ3v) is 3.00. The fourth-order valence-corrected chi connectivity index (χ4v) is 1.86. The number of anilines is 1. The quantitative estimate of drug-likeness (QED) is 0.460. The van der Waals surface area contributed by atoms with Gasteiger partial charge in [-0.25, -0.2) is 0 Å². The van der Waals surface area contributed by atoms with E-state index >= 15 is 0 Å². The van der Waals surface area contributed by atoms with E-state index in [9.17, 15) is 15.0 Å². The van der Waals surface area contributed by atoms with Gasteiger partial charge < -0.3 is 20.8 Å². The molecule has 1 aromatic carbocycles. The minimum Gasteiger partial charge on any atom is -0.508 e. The maximum absolute atomic E-state index is 11.3. The highest BCUT2D eigenvalue weighted by molar-refractivity contribution is 14.1. The Bertz CT molecular complexity index is 504. The minimum absolute atomic E-state index is 0.0106. The number of β-amino-alcohol motifs (C(OH)–C–C–N with tert-alkyl or cyclic N) is 1. The van der Waals surface area contributed by atoms with Gasteiger partial charge in [-0.1, -0.05) is 0 Å². The monoisotopic (exact) mass is 361 g/mol. The van der Waals surface area contributed by atoms with Gasteiger partial charge in [0.2, 0.25) is 3.79 Å². The van der Waals surface area contributed by atoms with E-state index in [0.717, 1.165) is 0 Å². The van der Waals surface area contributed by atoms with Crippen molar-refractivity contribution in [2.75, 3.05) is 18.4 Å². The van der Waals surface area contributed by atoms with Gasteiger partial charge >= 0.3 is 0 Å². The Morgan fingerprint density at radius 2 is 2.28 bits per heavy atom. The van der Waals surface area contributed by atoms with Crippen molar-refractivity contribution in [3.63, 3.8) is 0 Å². The average molecular weight is 361 g/mol. The number of aliphatic hydroxyl groups excluding tert-OH is 1. The molecule has 2 rings (SSSR count). The normalized spacial score (nSPS) is 18.8. The van der Waals surface area contributed by atoms with Crippen molar-refractivity contribution in [1.82, 2.24) is 5.32 Å². The number of rotatable bonds is 2. The molecule has 0 bridgehead atoms. The Balaban J connectivity index is 2.16. The van der Waals surface area contributed by atoms with Crippen LogP contribution in [0.15, 0.2) is 23.2 Å². The second-order valence-electron chi connectivity index (χ2n) is 3.89. The number of phenols is 1. The molecule has 0 saturated heterocycles. The van der Waals surface area contributed by atoms with Crippen molar-refractivity contribution in [1.29, 1.82) is 0 Å². The van der Waals surface area contributed by atoms with Crippen molar-refractivity contribution >= 4 is 38.0 Å². The van der Waals surface area contributed by atoms with Crippen LogP contribution in [0.5, 0.6) is 5.75 Å². The topological polar surface area (TPSA) is 94.0 Å². The summed E-state index contributed by atoms with van der Waals surface area (Å²) in [6.45, 7) is 0.745. The molecular weight excluding hydrogens is 349 g/mol. The fourth-order valence-electron chi connectivity index (χ4n) is 1.55. The first-order chi connectivity index (χ1) is 8.54. The van der Waals surface area contributed by atoms with Crippen LogP contribution in [0.2, 0.25) is 0 Å². The number of benzene rings is 1. The zero-order valence-corrected chi connectivity index (χ0v) is 11.5. The molecule has 0 aliphatic carbocycles. The van der Waals surface area contributed by atoms with Crippen LogP contribution >= 0.6 is 22.6 Å². The van der Waals surface area contributed by atoms with E-state index in [-0.39, 0.29) is 9.54 Å². The van der Waals surface area contributed by atoms with Gasteiger partial charge in [-0.3, -0.25) is 9.79 Å². The summed E-state index contributed by atoms with van der Waals surface area (Å²) in [6, 6.07) is 4.53. The molecule has 1 aliphatic rings. The number of aromatic hydroxyl groups is 1. The number of hydrogen-bond acceptors (Lipinski definition) is 6. The summed E-state index contributed by atoms with van der Waals surface area (Å²) in [7, 11) is 0. The molecule has 0 fully saturated rings. The van der Waals surface area contributed by atoms with Crippen LogP contribution in [0.25, 0.3) is 0 Å². The first-order valence-electron chi connectivity index (χ1n) is 5.32. The molecule has 1 aromatic rings. The molecule has 7 heteroatoms. The zero-order chi connectivity index (χ0) is 13.1. The number of aliphatic imine (C=N–C) groups is 1. The van der Waals surface area contributed by atoms with Crippen molar-refractivity contribution < 1.29 is 15.0 Å². The van der Waals surface area contributed by atoms with Gasteiger partial charge in [-0.2, -0.15) is 0 Å². The van der Waals surface area contributed by atoms with Gasteiger partial charge in [-0.05, 0) is 12.1 Å². The molecule has 1 unspecified atom stereocenters. The van der Waals surface area contributed by atoms with E-state index in [4.69, 9.17) is 0 Å². The van der Waals surface area contributed by atoms with Gasteiger partial charge in [-0.15, -0.1) is 0 Å². The van der Waals surface area contributed by atoms with Crippen LogP contribution in [0.1, 0.15) is 10.4 Å². The number of aliphatic hydroxyl groups is 1. The molecular formula is C11H12IN3O3. The number of phenolic OH excluding ortho intramolecular Hbond substituents is 1. The largest absolute Gasteiger partial charge is 0.508 e. The summed E-state index contributed by atoms with van der Waals surface area (Å²) >= 11 is 1.66. The van der Waals surface area contributed by atoms with Crippen molar-refractivity contribution in [2.24, 2.45) is 4.99 Å². The number of hydrogen-bond donors (Lipinski definition) is 4. The van der Waals surface area contributed by atoms with E-state index in [1.165, 1.54) is 12.1 Å². The van der Waals surface area contributed by atoms with Gasteiger partial charge in [0.15, 0.2) is 5.96 Å². The number of carbonyl (C=O) groups excluding carboxylic acids is 1. The van der Waals surface area contributed by atoms with Crippen LogP contribution < -0.4 is 10.6 Å². The van der Waals surface area contributed by atoms with Crippen LogP contribution in [-0.2, 0) is 0 Å². The molecule has 4 N–H and O–H groups in total. The third-order valence-electron chi connectivity index (χ3n) is 2.37. The predicted octanol–water partition coefficient (Wildman–Crippen LogP) is 0.699. The Kier molecular flexibility index (Phi) is 4.02. The lowest BCUT2D eigenvalue weighted by Gasteiger charge is -2.20. The molecule has 1 atom stereocenters. The average Bonchev–Trinajstić information content (AvgIpc) is 2.31. The van der Waals surface area contributed by atoms with Crippen LogP contribution in [0.3, 0.4) is 0 Å². The first kappa shape index (κ1) is 13.1. The van der Waals surface area contributed by atoms with Crippen LogP contribution in [0.4, 0.5) is 5.69 Å². The number of nitrogens with one attached hydrogen (secondary N) is 2. The lowest BCUT2D eigenvalue weighted by atomic mass is 10.2. The third kappa shape index (κ3) is 3.33. The predicted molar refractivity (Wildman–Crippen MR) is 76.4 cm³/mol. The van der Waals surface area contributed by atoms with E-state index in [1.54, 1.807) is 28.7 Å². The molecule has 0 aromatic heterocycles. The summed E-state index contributed by atoms with van der Waals surface area (Å²) in [5.74, 6) is 0.522. The van der Waals surface area contributed by atoms with Gasteiger partial charge in [0.1, 0.15) is 5.75 Å².